The maximum absolute atomic E-state index is 6.44. The van der Waals surface area contributed by atoms with Crippen LogP contribution in [-0.4, -0.2) is 10.1 Å². The third kappa shape index (κ3) is 2.30. The summed E-state index contributed by atoms with van der Waals surface area (Å²) in [5.74, 6) is 1.89. The molecule has 5 heteroatoms. The highest BCUT2D eigenvalue weighted by Crippen LogP contribution is 2.38. The third-order valence-corrected chi connectivity index (χ3v) is 4.21. The fraction of sp³-hybridized carbons (Fsp3) is 0.571. The van der Waals surface area contributed by atoms with Crippen molar-refractivity contribution in [2.75, 3.05) is 0 Å². The molecule has 2 aromatic rings. The number of rotatable bonds is 3. The Kier molecular flexibility index (Phi) is 3.14. The molecule has 1 aliphatic rings. The molecule has 0 radical (unpaired) electrons. The molecule has 2 heterocycles. The highest BCUT2D eigenvalue weighted by molar-refractivity contribution is 5.51. The lowest BCUT2D eigenvalue weighted by molar-refractivity contribution is 0.181. The second-order valence-electron chi connectivity index (χ2n) is 5.44. The van der Waals surface area contributed by atoms with Crippen LogP contribution in [0.1, 0.15) is 44.9 Å². The van der Waals surface area contributed by atoms with Gasteiger partial charge in [0.1, 0.15) is 6.26 Å². The summed E-state index contributed by atoms with van der Waals surface area (Å²) < 4.78 is 10.4. The summed E-state index contributed by atoms with van der Waals surface area (Å²) in [6, 6.07) is 1.81. The second kappa shape index (κ2) is 4.81. The van der Waals surface area contributed by atoms with Gasteiger partial charge in [-0.25, -0.2) is 0 Å². The van der Waals surface area contributed by atoms with E-state index in [9.17, 15) is 0 Å². The van der Waals surface area contributed by atoms with Crippen molar-refractivity contribution in [3.8, 4) is 11.4 Å². The van der Waals surface area contributed by atoms with Crippen LogP contribution in [0.3, 0.4) is 0 Å². The second-order valence-corrected chi connectivity index (χ2v) is 5.44. The van der Waals surface area contributed by atoms with E-state index >= 15 is 0 Å². The average Bonchev–Trinajstić information content (AvgIpc) is 3.10. The number of nitrogens with two attached hydrogens (primary N) is 1. The Hall–Kier alpha value is -1.62. The molecule has 0 aromatic carbocycles. The van der Waals surface area contributed by atoms with Gasteiger partial charge in [0.05, 0.1) is 17.4 Å². The number of aromatic nitrogens is 2. The van der Waals surface area contributed by atoms with Crippen molar-refractivity contribution < 1.29 is 8.94 Å². The summed E-state index contributed by atoms with van der Waals surface area (Å²) in [6.45, 7) is 2.23. The van der Waals surface area contributed by atoms with E-state index < -0.39 is 5.54 Å². The third-order valence-electron chi connectivity index (χ3n) is 4.21. The van der Waals surface area contributed by atoms with Crippen molar-refractivity contribution in [2.45, 2.75) is 44.6 Å². The number of hydrogen-bond donors (Lipinski definition) is 1. The Morgan fingerprint density at radius 3 is 2.84 bits per heavy atom. The molecule has 2 N–H and O–H groups in total. The molecule has 3 rings (SSSR count). The van der Waals surface area contributed by atoms with Crippen molar-refractivity contribution >= 4 is 0 Å². The minimum absolute atomic E-state index is 0.458. The smallest absolute Gasteiger partial charge is 0.247 e. The zero-order valence-electron chi connectivity index (χ0n) is 11.1. The minimum atomic E-state index is -0.458. The first kappa shape index (κ1) is 12.4. The molecule has 102 valence electrons. The monoisotopic (exact) mass is 261 g/mol. The van der Waals surface area contributed by atoms with E-state index in [1.54, 1.807) is 12.5 Å². The molecule has 5 nitrogen and oxygen atoms in total. The standard InChI is InChI=1S/C14H19N3O2/c1-2-10-3-6-14(15,7-4-10)13-16-12(17-19-13)11-5-8-18-9-11/h5,8-10H,2-4,6-7,15H2,1H3. The van der Waals surface area contributed by atoms with Gasteiger partial charge in [-0.1, -0.05) is 18.5 Å². The predicted octanol–water partition coefficient (Wildman–Crippen LogP) is 3.08. The van der Waals surface area contributed by atoms with Gasteiger partial charge in [-0.2, -0.15) is 4.98 Å². The van der Waals surface area contributed by atoms with Gasteiger partial charge in [-0.3, -0.25) is 0 Å². The lowest BCUT2D eigenvalue weighted by Crippen LogP contribution is -2.40. The topological polar surface area (TPSA) is 78.1 Å². The Balaban J connectivity index is 1.79. The highest BCUT2D eigenvalue weighted by atomic mass is 16.5. The first-order valence-corrected chi connectivity index (χ1v) is 6.87. The van der Waals surface area contributed by atoms with Crippen molar-refractivity contribution in [2.24, 2.45) is 11.7 Å². The van der Waals surface area contributed by atoms with Gasteiger partial charge in [-0.05, 0) is 37.7 Å². The Bertz CT molecular complexity index is 525. The molecule has 0 aliphatic heterocycles. The van der Waals surface area contributed by atoms with Gasteiger partial charge < -0.3 is 14.7 Å². The first-order chi connectivity index (χ1) is 9.21. The van der Waals surface area contributed by atoms with E-state index in [0.29, 0.717) is 11.7 Å². The Morgan fingerprint density at radius 2 is 2.21 bits per heavy atom. The highest BCUT2D eigenvalue weighted by Gasteiger charge is 2.37. The van der Waals surface area contributed by atoms with E-state index in [-0.39, 0.29) is 0 Å². The van der Waals surface area contributed by atoms with E-state index in [0.717, 1.165) is 37.2 Å². The number of nitrogens with zero attached hydrogens (tertiary/aromatic N) is 2. The molecule has 1 aliphatic carbocycles. The molecule has 1 saturated carbocycles. The quantitative estimate of drug-likeness (QED) is 0.918. The minimum Gasteiger partial charge on any atom is -0.472 e. The fourth-order valence-electron chi connectivity index (χ4n) is 2.75. The summed E-state index contributed by atoms with van der Waals surface area (Å²) in [6.07, 6.45) is 8.52. The van der Waals surface area contributed by atoms with Gasteiger partial charge in [-0.15, -0.1) is 0 Å². The van der Waals surface area contributed by atoms with Crippen LogP contribution < -0.4 is 5.73 Å². The number of furan rings is 1. The summed E-state index contributed by atoms with van der Waals surface area (Å²) in [7, 11) is 0. The molecule has 0 amide bonds. The Labute approximate surface area is 112 Å². The molecule has 0 spiro atoms. The van der Waals surface area contributed by atoms with Crippen LogP contribution in [0.15, 0.2) is 27.5 Å². The van der Waals surface area contributed by atoms with Gasteiger partial charge >= 0.3 is 0 Å². The zero-order chi connectivity index (χ0) is 13.3. The normalized spacial score (nSPS) is 27.6. The molecule has 19 heavy (non-hydrogen) atoms. The van der Waals surface area contributed by atoms with Crippen molar-refractivity contribution in [1.82, 2.24) is 10.1 Å². The molecule has 1 fully saturated rings. The first-order valence-electron chi connectivity index (χ1n) is 6.87. The van der Waals surface area contributed by atoms with Crippen LogP contribution >= 0.6 is 0 Å². The molecule has 0 saturated heterocycles. The van der Waals surface area contributed by atoms with E-state index in [2.05, 4.69) is 17.1 Å². The van der Waals surface area contributed by atoms with Gasteiger partial charge in [0.25, 0.3) is 0 Å². The van der Waals surface area contributed by atoms with Crippen LogP contribution in [0.4, 0.5) is 0 Å². The van der Waals surface area contributed by atoms with Gasteiger partial charge in [0, 0.05) is 0 Å². The van der Waals surface area contributed by atoms with Crippen LogP contribution in [0, 0.1) is 5.92 Å². The van der Waals surface area contributed by atoms with Gasteiger partial charge in [0.15, 0.2) is 0 Å². The average molecular weight is 261 g/mol. The maximum atomic E-state index is 6.44. The SMILES string of the molecule is CCC1CCC(N)(c2nc(-c3ccoc3)no2)CC1. The van der Waals surface area contributed by atoms with Crippen LogP contribution in [0.2, 0.25) is 0 Å². The Morgan fingerprint density at radius 1 is 1.42 bits per heavy atom. The summed E-state index contributed by atoms with van der Waals surface area (Å²) in [5.41, 5.74) is 6.81. The van der Waals surface area contributed by atoms with E-state index in [1.807, 2.05) is 6.07 Å². The molecule has 0 atom stereocenters. The number of hydrogen-bond acceptors (Lipinski definition) is 5. The van der Waals surface area contributed by atoms with Crippen molar-refractivity contribution in [3.05, 3.63) is 24.5 Å². The summed E-state index contributed by atoms with van der Waals surface area (Å²) in [5, 5.41) is 3.99. The fourth-order valence-corrected chi connectivity index (χ4v) is 2.75. The van der Waals surface area contributed by atoms with E-state index in [1.165, 1.54) is 6.42 Å². The molecule has 0 bridgehead atoms. The van der Waals surface area contributed by atoms with Crippen LogP contribution in [0.5, 0.6) is 0 Å². The maximum Gasteiger partial charge on any atom is 0.247 e. The van der Waals surface area contributed by atoms with Crippen LogP contribution in [-0.2, 0) is 5.54 Å². The van der Waals surface area contributed by atoms with Crippen LogP contribution in [0.25, 0.3) is 11.4 Å². The van der Waals surface area contributed by atoms with Crippen molar-refractivity contribution in [1.29, 1.82) is 0 Å². The molecule has 2 aromatic heterocycles. The largest absolute Gasteiger partial charge is 0.472 e. The predicted molar refractivity (Wildman–Crippen MR) is 70.1 cm³/mol. The van der Waals surface area contributed by atoms with Gasteiger partial charge in [0.2, 0.25) is 11.7 Å². The lowest BCUT2D eigenvalue weighted by Gasteiger charge is -2.33. The zero-order valence-corrected chi connectivity index (χ0v) is 11.1. The summed E-state index contributed by atoms with van der Waals surface area (Å²) in [4.78, 5) is 4.44. The van der Waals surface area contributed by atoms with Crippen molar-refractivity contribution in [3.63, 3.8) is 0 Å². The molecular formula is C14H19N3O2. The summed E-state index contributed by atoms with van der Waals surface area (Å²) >= 11 is 0. The lowest BCUT2D eigenvalue weighted by atomic mass is 9.76. The molecule has 0 unspecified atom stereocenters. The van der Waals surface area contributed by atoms with E-state index in [4.69, 9.17) is 14.7 Å². The molecular weight excluding hydrogens is 242 g/mol.